The van der Waals surface area contributed by atoms with Gasteiger partial charge in [0.1, 0.15) is 9.92 Å². The average Bonchev–Trinajstić information content (AvgIpc) is 2.87. The number of hydrogen-bond acceptors (Lipinski definition) is 6. The third-order valence-corrected chi connectivity index (χ3v) is 5.79. The number of benzene rings is 2. The molecular weight excluding hydrogens is 358 g/mol. The van der Waals surface area contributed by atoms with E-state index in [1.54, 1.807) is 12.1 Å². The highest BCUT2D eigenvalue weighted by molar-refractivity contribution is 7.90. The van der Waals surface area contributed by atoms with Crippen molar-refractivity contribution in [3.05, 3.63) is 65.2 Å². The van der Waals surface area contributed by atoms with Gasteiger partial charge in [0.15, 0.2) is 0 Å². The van der Waals surface area contributed by atoms with Gasteiger partial charge in [0, 0.05) is 14.1 Å². The van der Waals surface area contributed by atoms with Crippen molar-refractivity contribution in [2.45, 2.75) is 4.90 Å². The van der Waals surface area contributed by atoms with Crippen molar-refractivity contribution in [3.63, 3.8) is 0 Å². The van der Waals surface area contributed by atoms with Crippen LogP contribution in [0.3, 0.4) is 0 Å². The Kier molecular flexibility index (Phi) is 4.34. The van der Waals surface area contributed by atoms with Crippen molar-refractivity contribution in [2.24, 2.45) is 0 Å². The Morgan fingerprint density at radius 1 is 1.00 bits per heavy atom. The molecule has 0 aromatic heterocycles. The molecule has 0 saturated heterocycles. The topological polar surface area (TPSA) is 108 Å². The molecule has 0 spiro atoms. The Labute approximate surface area is 150 Å². The number of nitrogens with one attached hydrogen (secondary N) is 1. The first-order valence-electron chi connectivity index (χ1n) is 7.50. The molecule has 8 nitrogen and oxygen atoms in total. The Bertz CT molecular complexity index is 978. The third kappa shape index (κ3) is 2.87. The normalized spacial score (nSPS) is 15.7. The van der Waals surface area contributed by atoms with Crippen LogP contribution < -0.4 is 0 Å². The van der Waals surface area contributed by atoms with Gasteiger partial charge in [-0.3, -0.25) is 9.59 Å². The molecule has 1 aliphatic heterocycles. The van der Waals surface area contributed by atoms with E-state index in [-0.39, 0.29) is 21.6 Å². The zero-order chi connectivity index (χ0) is 19.1. The molecule has 26 heavy (non-hydrogen) atoms. The van der Waals surface area contributed by atoms with Crippen LogP contribution in [-0.4, -0.2) is 45.5 Å². The number of fused-ring (bicyclic) bond motifs is 1. The fourth-order valence-electron chi connectivity index (χ4n) is 2.37. The molecule has 0 fully saturated rings. The summed E-state index contributed by atoms with van der Waals surface area (Å²) in [5, 5.41) is 0.425. The lowest BCUT2D eigenvalue weighted by atomic mass is 10.1. The van der Waals surface area contributed by atoms with Crippen LogP contribution in [0.1, 0.15) is 31.1 Å². The highest BCUT2D eigenvalue weighted by Crippen LogP contribution is 2.23. The van der Waals surface area contributed by atoms with Crippen molar-refractivity contribution >= 4 is 27.7 Å². The predicted molar refractivity (Wildman–Crippen MR) is 91.6 cm³/mol. The summed E-state index contributed by atoms with van der Waals surface area (Å²) in [6, 6.07) is 11.6. The number of hydrogen-bond donors (Lipinski definition) is 1. The highest BCUT2D eigenvalue weighted by Gasteiger charge is 2.38. The lowest BCUT2D eigenvalue weighted by Gasteiger charge is -2.15. The van der Waals surface area contributed by atoms with Gasteiger partial charge in [-0.25, -0.2) is 18.1 Å². The maximum Gasteiger partial charge on any atom is 0.363 e. The van der Waals surface area contributed by atoms with E-state index in [4.69, 9.17) is 9.62 Å². The molecule has 1 aliphatic rings. The molecule has 134 valence electrons. The van der Waals surface area contributed by atoms with Crippen molar-refractivity contribution in [2.75, 3.05) is 14.1 Å². The van der Waals surface area contributed by atoms with Crippen LogP contribution in [0.25, 0.3) is 0 Å². The quantitative estimate of drug-likeness (QED) is 0.824. The summed E-state index contributed by atoms with van der Waals surface area (Å²) >= 11 is 0. The molecule has 2 aromatic carbocycles. The van der Waals surface area contributed by atoms with Crippen molar-refractivity contribution < 1.29 is 23.4 Å². The number of imide groups is 1. The smallest absolute Gasteiger partial charge is 0.324 e. The molecular formula is C17H15N3O5S. The van der Waals surface area contributed by atoms with Crippen LogP contribution in [0.15, 0.2) is 53.4 Å². The Morgan fingerprint density at radius 3 is 1.96 bits per heavy atom. The number of amides is 2. The molecule has 2 aromatic rings. The minimum atomic E-state index is -3.13. The SMILES string of the molecule is CN(C)S(=N)(=O)c1ccc(C(=O)ON2C(=O)c3ccccc3C2=O)cc1. The molecule has 3 rings (SSSR count). The van der Waals surface area contributed by atoms with Gasteiger partial charge in [-0.15, -0.1) is 0 Å². The van der Waals surface area contributed by atoms with Crippen LogP contribution in [0.5, 0.6) is 0 Å². The molecule has 0 bridgehead atoms. The van der Waals surface area contributed by atoms with Gasteiger partial charge in [-0.05, 0) is 36.4 Å². The van der Waals surface area contributed by atoms with Crippen LogP contribution in [0.2, 0.25) is 0 Å². The molecule has 0 saturated carbocycles. The minimum Gasteiger partial charge on any atom is -0.324 e. The van der Waals surface area contributed by atoms with E-state index in [2.05, 4.69) is 0 Å². The first-order chi connectivity index (χ1) is 12.2. The fourth-order valence-corrected chi connectivity index (χ4v) is 3.30. The van der Waals surface area contributed by atoms with Gasteiger partial charge in [0.25, 0.3) is 11.8 Å². The van der Waals surface area contributed by atoms with Crippen LogP contribution in [0, 0.1) is 4.78 Å². The van der Waals surface area contributed by atoms with Crippen molar-refractivity contribution in [1.29, 1.82) is 4.78 Å². The van der Waals surface area contributed by atoms with E-state index >= 15 is 0 Å². The van der Waals surface area contributed by atoms with Gasteiger partial charge in [0.05, 0.1) is 21.6 Å². The van der Waals surface area contributed by atoms with Crippen molar-refractivity contribution in [1.82, 2.24) is 9.37 Å². The number of carbonyl (C=O) groups is 3. The summed E-state index contributed by atoms with van der Waals surface area (Å²) in [7, 11) is -0.106. The Hall–Kier alpha value is -3.04. The average molecular weight is 373 g/mol. The maximum atomic E-state index is 12.2. The summed E-state index contributed by atoms with van der Waals surface area (Å²) in [4.78, 5) is 41.8. The second-order valence-corrected chi connectivity index (χ2v) is 7.94. The molecule has 9 heteroatoms. The largest absolute Gasteiger partial charge is 0.363 e. The number of hydroxylamine groups is 2. The Morgan fingerprint density at radius 2 is 1.50 bits per heavy atom. The monoisotopic (exact) mass is 373 g/mol. The standard InChI is InChI=1S/C17H15N3O5S/c1-19(2)26(18,24)12-9-7-11(8-10-12)17(23)25-20-15(21)13-5-3-4-6-14(13)16(20)22/h3-10,18H,1-2H3. The second kappa shape index (κ2) is 6.36. The van der Waals surface area contributed by atoms with Gasteiger partial charge < -0.3 is 4.84 Å². The first kappa shape index (κ1) is 17.8. The van der Waals surface area contributed by atoms with Crippen LogP contribution in [-0.2, 0) is 14.8 Å². The predicted octanol–water partition coefficient (Wildman–Crippen LogP) is 1.94. The fraction of sp³-hybridized carbons (Fsp3) is 0.118. The minimum absolute atomic E-state index is 0.0549. The molecule has 1 heterocycles. The number of rotatable bonds is 4. The maximum absolute atomic E-state index is 12.2. The molecule has 1 N–H and O–H groups in total. The summed E-state index contributed by atoms with van der Waals surface area (Å²) in [6.07, 6.45) is 0. The van der Waals surface area contributed by atoms with Gasteiger partial charge in [0.2, 0.25) is 0 Å². The Balaban J connectivity index is 1.80. The van der Waals surface area contributed by atoms with E-state index in [0.29, 0.717) is 5.06 Å². The van der Waals surface area contributed by atoms with Gasteiger partial charge in [-0.1, -0.05) is 17.2 Å². The lowest BCUT2D eigenvalue weighted by molar-refractivity contribution is -0.0584. The van der Waals surface area contributed by atoms with Crippen molar-refractivity contribution in [3.8, 4) is 0 Å². The van der Waals surface area contributed by atoms with Gasteiger partial charge >= 0.3 is 5.97 Å². The first-order valence-corrected chi connectivity index (χ1v) is 9.01. The highest BCUT2D eigenvalue weighted by atomic mass is 32.2. The van der Waals surface area contributed by atoms with Gasteiger partial charge in [-0.2, -0.15) is 0 Å². The third-order valence-electron chi connectivity index (χ3n) is 3.85. The summed E-state index contributed by atoms with van der Waals surface area (Å²) in [6.45, 7) is 0. The lowest BCUT2D eigenvalue weighted by Crippen LogP contribution is -2.32. The van der Waals surface area contributed by atoms with E-state index in [1.165, 1.54) is 54.8 Å². The molecule has 0 aliphatic carbocycles. The number of nitrogens with zero attached hydrogens (tertiary/aromatic N) is 2. The molecule has 0 radical (unpaired) electrons. The zero-order valence-electron chi connectivity index (χ0n) is 14.0. The second-order valence-electron chi connectivity index (χ2n) is 5.69. The van der Waals surface area contributed by atoms with Crippen LogP contribution >= 0.6 is 0 Å². The summed E-state index contributed by atoms with van der Waals surface area (Å²) in [5.41, 5.74) is 0.389. The molecule has 1 atom stereocenters. The number of carbonyl (C=O) groups excluding carboxylic acids is 3. The van der Waals surface area contributed by atoms with E-state index in [9.17, 15) is 18.6 Å². The molecule has 2 amide bonds. The van der Waals surface area contributed by atoms with E-state index < -0.39 is 27.7 Å². The zero-order valence-corrected chi connectivity index (χ0v) is 14.8. The molecule has 1 unspecified atom stereocenters. The van der Waals surface area contributed by atoms with E-state index in [0.717, 1.165) is 0 Å². The van der Waals surface area contributed by atoms with Crippen LogP contribution in [0.4, 0.5) is 0 Å². The van der Waals surface area contributed by atoms with E-state index in [1.807, 2.05) is 0 Å². The summed E-state index contributed by atoms with van der Waals surface area (Å²) in [5.74, 6) is -2.33. The summed E-state index contributed by atoms with van der Waals surface area (Å²) < 4.78 is 21.3.